The van der Waals surface area contributed by atoms with E-state index in [1.54, 1.807) is 7.11 Å². The molecule has 1 fully saturated rings. The number of hydrogen-bond donors (Lipinski definition) is 1. The minimum atomic E-state index is -0.0875. The number of likely N-dealkylation sites (tertiary alicyclic amines) is 1. The highest BCUT2D eigenvalue weighted by atomic mass is 16.5. The Balaban J connectivity index is 1.50. The summed E-state index contributed by atoms with van der Waals surface area (Å²) in [6.07, 6.45) is 6.32. The lowest BCUT2D eigenvalue weighted by atomic mass is 10.2. The number of hydrogen-bond acceptors (Lipinski definition) is 5. The van der Waals surface area contributed by atoms with Crippen LogP contribution in [-0.2, 0) is 28.9 Å². The van der Waals surface area contributed by atoms with E-state index in [0.717, 1.165) is 44.0 Å². The predicted molar refractivity (Wildman–Crippen MR) is 86.1 cm³/mol. The van der Waals surface area contributed by atoms with Crippen LogP contribution in [0.2, 0.25) is 0 Å². The number of methoxy groups -OCH3 is 1. The van der Waals surface area contributed by atoms with Crippen LogP contribution in [0.1, 0.15) is 37.3 Å². The van der Waals surface area contributed by atoms with Gasteiger partial charge in [0.25, 0.3) is 0 Å². The first-order chi connectivity index (χ1) is 11.2. The second-order valence-corrected chi connectivity index (χ2v) is 6.58. The minimum Gasteiger partial charge on any atom is -0.380 e. The molecule has 0 spiro atoms. The van der Waals surface area contributed by atoms with Gasteiger partial charge in [-0.05, 0) is 26.3 Å². The van der Waals surface area contributed by atoms with Gasteiger partial charge in [-0.2, -0.15) is 0 Å². The number of aromatic nitrogens is 3. The molecule has 0 unspecified atom stereocenters. The van der Waals surface area contributed by atoms with Crippen molar-refractivity contribution in [2.24, 2.45) is 0 Å². The summed E-state index contributed by atoms with van der Waals surface area (Å²) in [6.45, 7) is 2.43. The first-order valence-electron chi connectivity index (χ1n) is 8.60. The van der Waals surface area contributed by atoms with Gasteiger partial charge in [0.15, 0.2) is 0 Å². The van der Waals surface area contributed by atoms with Crippen LogP contribution in [0.3, 0.4) is 0 Å². The normalized spacial score (nSPS) is 25.1. The van der Waals surface area contributed by atoms with Crippen molar-refractivity contribution in [2.75, 3.05) is 27.2 Å². The molecular weight excluding hydrogens is 294 g/mol. The Morgan fingerprint density at radius 3 is 3.00 bits per heavy atom. The Morgan fingerprint density at radius 1 is 1.35 bits per heavy atom. The van der Waals surface area contributed by atoms with Crippen LogP contribution in [-0.4, -0.2) is 65.0 Å². The maximum Gasteiger partial charge on any atom is 0.237 e. The van der Waals surface area contributed by atoms with Gasteiger partial charge in [-0.1, -0.05) is 6.42 Å². The number of fused-ring (bicyclic) bond motifs is 1. The van der Waals surface area contributed by atoms with Crippen molar-refractivity contribution in [3.05, 3.63) is 11.6 Å². The van der Waals surface area contributed by atoms with Crippen molar-refractivity contribution < 1.29 is 9.53 Å². The molecule has 0 saturated carbocycles. The number of aryl methyl sites for hydroxylation is 1. The number of rotatable bonds is 5. The molecule has 1 aromatic heterocycles. The number of nitrogens with one attached hydrogen (secondary N) is 1. The molecular formula is C16H27N5O2. The highest BCUT2D eigenvalue weighted by Gasteiger charge is 2.34. The fourth-order valence-corrected chi connectivity index (χ4v) is 3.58. The summed E-state index contributed by atoms with van der Waals surface area (Å²) >= 11 is 0. The molecule has 23 heavy (non-hydrogen) atoms. The van der Waals surface area contributed by atoms with Crippen LogP contribution in [0.4, 0.5) is 0 Å². The summed E-state index contributed by atoms with van der Waals surface area (Å²) in [5.41, 5.74) is 0. The van der Waals surface area contributed by atoms with Gasteiger partial charge in [-0.3, -0.25) is 9.69 Å². The smallest absolute Gasteiger partial charge is 0.237 e. The lowest BCUT2D eigenvalue weighted by Crippen LogP contribution is -2.42. The lowest BCUT2D eigenvalue weighted by molar-refractivity contribution is -0.125. The van der Waals surface area contributed by atoms with Crippen molar-refractivity contribution >= 4 is 5.91 Å². The van der Waals surface area contributed by atoms with E-state index in [0.29, 0.717) is 6.54 Å². The van der Waals surface area contributed by atoms with Crippen molar-refractivity contribution in [1.29, 1.82) is 0 Å². The summed E-state index contributed by atoms with van der Waals surface area (Å²) in [5.74, 6) is 2.18. The van der Waals surface area contributed by atoms with Gasteiger partial charge < -0.3 is 14.6 Å². The fraction of sp³-hybridized carbons (Fsp3) is 0.812. The molecule has 0 aliphatic carbocycles. The molecule has 0 bridgehead atoms. The zero-order valence-electron chi connectivity index (χ0n) is 14.1. The number of amides is 1. The summed E-state index contributed by atoms with van der Waals surface area (Å²) in [7, 11) is 3.68. The van der Waals surface area contributed by atoms with Crippen molar-refractivity contribution in [3.8, 4) is 0 Å². The zero-order valence-corrected chi connectivity index (χ0v) is 14.1. The van der Waals surface area contributed by atoms with E-state index in [1.807, 2.05) is 7.05 Å². The Labute approximate surface area is 137 Å². The Hall–Kier alpha value is -1.47. The van der Waals surface area contributed by atoms with Crippen LogP contribution >= 0.6 is 0 Å². The number of nitrogens with zero attached hydrogens (tertiary/aromatic N) is 4. The molecule has 0 aromatic carbocycles. The summed E-state index contributed by atoms with van der Waals surface area (Å²) in [6, 6.07) is -0.0875. The molecule has 7 heteroatoms. The molecule has 1 N–H and O–H groups in total. The Bertz CT molecular complexity index is 545. The summed E-state index contributed by atoms with van der Waals surface area (Å²) in [5, 5.41) is 11.6. The maximum atomic E-state index is 12.3. The predicted octanol–water partition coefficient (Wildman–Crippen LogP) is 0.382. The molecule has 3 heterocycles. The largest absolute Gasteiger partial charge is 0.380 e. The average Bonchev–Trinajstić information content (AvgIpc) is 3.02. The lowest BCUT2D eigenvalue weighted by Gasteiger charge is -2.18. The van der Waals surface area contributed by atoms with Gasteiger partial charge in [0.1, 0.15) is 11.6 Å². The fourth-order valence-electron chi connectivity index (χ4n) is 3.58. The van der Waals surface area contributed by atoms with E-state index in [1.165, 1.54) is 19.3 Å². The second-order valence-electron chi connectivity index (χ2n) is 6.58. The third-order valence-electron chi connectivity index (χ3n) is 4.98. The number of carbonyl (C=O) groups is 1. The standard InChI is InChI=1S/C16H27N5O2/c1-20-11-12(23-2)10-13(20)16(22)17-8-7-15-19-18-14-6-4-3-5-9-21(14)15/h12-13H,3-11H2,1-2H3,(H,17,22)/t12-,13-/m0/s1. The Kier molecular flexibility index (Phi) is 5.27. The zero-order chi connectivity index (χ0) is 16.2. The summed E-state index contributed by atoms with van der Waals surface area (Å²) < 4.78 is 7.59. The number of carbonyl (C=O) groups excluding carboxylic acids is 1. The molecule has 7 nitrogen and oxygen atoms in total. The highest BCUT2D eigenvalue weighted by molar-refractivity contribution is 5.82. The molecule has 1 aromatic rings. The minimum absolute atomic E-state index is 0.0858. The molecule has 1 saturated heterocycles. The summed E-state index contributed by atoms with van der Waals surface area (Å²) in [4.78, 5) is 14.4. The first-order valence-corrected chi connectivity index (χ1v) is 8.60. The first kappa shape index (κ1) is 16.4. The molecule has 0 radical (unpaired) electrons. The Morgan fingerprint density at radius 2 is 2.22 bits per heavy atom. The van der Waals surface area contributed by atoms with Crippen LogP contribution in [0.15, 0.2) is 0 Å². The van der Waals surface area contributed by atoms with E-state index in [4.69, 9.17) is 4.74 Å². The van der Waals surface area contributed by atoms with Crippen LogP contribution in [0.5, 0.6) is 0 Å². The molecule has 2 aliphatic heterocycles. The van der Waals surface area contributed by atoms with Gasteiger partial charge in [0.05, 0.1) is 12.1 Å². The average molecular weight is 321 g/mol. The van der Waals surface area contributed by atoms with E-state index < -0.39 is 0 Å². The van der Waals surface area contributed by atoms with Crippen molar-refractivity contribution in [2.45, 2.75) is 57.2 Å². The van der Waals surface area contributed by atoms with E-state index in [9.17, 15) is 4.79 Å². The van der Waals surface area contributed by atoms with E-state index >= 15 is 0 Å². The number of likely N-dealkylation sites (N-methyl/N-ethyl adjacent to an activating group) is 1. The van der Waals surface area contributed by atoms with Gasteiger partial charge in [-0.25, -0.2) is 0 Å². The van der Waals surface area contributed by atoms with Crippen molar-refractivity contribution in [3.63, 3.8) is 0 Å². The maximum absolute atomic E-state index is 12.3. The van der Waals surface area contributed by atoms with Crippen molar-refractivity contribution in [1.82, 2.24) is 25.0 Å². The van der Waals surface area contributed by atoms with Gasteiger partial charge in [0, 0.05) is 39.6 Å². The highest BCUT2D eigenvalue weighted by Crippen LogP contribution is 2.18. The van der Waals surface area contributed by atoms with Gasteiger partial charge >= 0.3 is 0 Å². The molecule has 1 amide bonds. The quantitative estimate of drug-likeness (QED) is 0.849. The van der Waals surface area contributed by atoms with Gasteiger partial charge in [-0.15, -0.1) is 10.2 Å². The molecule has 3 rings (SSSR count). The van der Waals surface area contributed by atoms with E-state index in [-0.39, 0.29) is 18.1 Å². The van der Waals surface area contributed by atoms with Gasteiger partial charge in [0.2, 0.25) is 5.91 Å². The number of ether oxygens (including phenoxy) is 1. The molecule has 2 atom stereocenters. The molecule has 128 valence electrons. The monoisotopic (exact) mass is 321 g/mol. The van der Waals surface area contributed by atoms with E-state index in [2.05, 4.69) is 25.0 Å². The molecule has 2 aliphatic rings. The second kappa shape index (κ2) is 7.40. The van der Waals surface area contributed by atoms with Crippen LogP contribution in [0, 0.1) is 0 Å². The third-order valence-corrected chi connectivity index (χ3v) is 4.98. The van der Waals surface area contributed by atoms with Crippen LogP contribution < -0.4 is 5.32 Å². The third kappa shape index (κ3) is 3.72. The topological polar surface area (TPSA) is 72.3 Å². The SMILES string of the molecule is CO[C@H]1C[C@@H](C(=O)NCCc2nnc3n2CCCCC3)N(C)C1. The van der Waals surface area contributed by atoms with Crippen LogP contribution in [0.25, 0.3) is 0 Å².